The third-order valence-electron chi connectivity index (χ3n) is 4.20. The molecule has 0 amide bonds. The summed E-state index contributed by atoms with van der Waals surface area (Å²) >= 11 is 0. The zero-order chi connectivity index (χ0) is 19.5. The van der Waals surface area contributed by atoms with Crippen molar-refractivity contribution in [3.8, 4) is 0 Å². The van der Waals surface area contributed by atoms with Crippen molar-refractivity contribution in [2.45, 2.75) is 24.8 Å². The van der Waals surface area contributed by atoms with Gasteiger partial charge in [0.25, 0.3) is 0 Å². The Morgan fingerprint density at radius 1 is 1.15 bits per heavy atom. The van der Waals surface area contributed by atoms with Gasteiger partial charge in [-0.25, -0.2) is 17.9 Å². The summed E-state index contributed by atoms with van der Waals surface area (Å²) in [5.74, 6) is -1.16. The second-order valence-corrected chi connectivity index (χ2v) is 8.25. The van der Waals surface area contributed by atoms with E-state index in [1.165, 1.54) is 12.1 Å². The van der Waals surface area contributed by atoms with E-state index < -0.39 is 22.0 Å². The van der Waals surface area contributed by atoms with Crippen LogP contribution in [-0.4, -0.2) is 45.0 Å². The number of carbonyl (C=O) groups is 1. The monoisotopic (exact) mass is 376 g/mol. The number of aromatic carboxylic acids is 1. The molecule has 7 heteroatoms. The fraction of sp³-hybridized carbons (Fsp3) is 0.316. The van der Waals surface area contributed by atoms with Crippen LogP contribution in [0.2, 0.25) is 0 Å². The van der Waals surface area contributed by atoms with Crippen molar-refractivity contribution in [2.24, 2.45) is 0 Å². The summed E-state index contributed by atoms with van der Waals surface area (Å²) in [5.41, 5.74) is 1.96. The number of likely N-dealkylation sites (N-methyl/N-ethyl adjacent to an activating group) is 1. The molecule has 26 heavy (non-hydrogen) atoms. The predicted octanol–water partition coefficient (Wildman–Crippen LogP) is 2.58. The number of sulfonamides is 1. The molecule has 2 rings (SSSR count). The Morgan fingerprint density at radius 3 is 2.31 bits per heavy atom. The minimum atomic E-state index is -3.90. The lowest BCUT2D eigenvalue weighted by Crippen LogP contribution is -2.35. The molecule has 1 atom stereocenters. The lowest BCUT2D eigenvalue weighted by atomic mass is 10.1. The topological polar surface area (TPSA) is 86.7 Å². The predicted molar refractivity (Wildman–Crippen MR) is 101 cm³/mol. The van der Waals surface area contributed by atoms with Gasteiger partial charge < -0.3 is 10.0 Å². The van der Waals surface area contributed by atoms with Gasteiger partial charge in [0.05, 0.1) is 16.5 Å². The molecule has 0 saturated heterocycles. The van der Waals surface area contributed by atoms with Crippen LogP contribution in [0.25, 0.3) is 0 Å². The first kappa shape index (κ1) is 20.1. The molecule has 1 unspecified atom stereocenters. The molecule has 6 nitrogen and oxygen atoms in total. The van der Waals surface area contributed by atoms with Crippen molar-refractivity contribution in [1.29, 1.82) is 0 Å². The van der Waals surface area contributed by atoms with Crippen molar-refractivity contribution in [3.05, 3.63) is 64.7 Å². The van der Waals surface area contributed by atoms with Crippen LogP contribution >= 0.6 is 0 Å². The van der Waals surface area contributed by atoms with Crippen LogP contribution in [-0.2, 0) is 10.0 Å². The van der Waals surface area contributed by atoms with Crippen LogP contribution in [0.5, 0.6) is 0 Å². The van der Waals surface area contributed by atoms with Crippen LogP contribution in [0.1, 0.15) is 33.1 Å². The highest BCUT2D eigenvalue weighted by atomic mass is 32.2. The van der Waals surface area contributed by atoms with Gasteiger partial charge in [0.2, 0.25) is 10.0 Å². The second kappa shape index (κ2) is 7.99. The average molecular weight is 376 g/mol. The zero-order valence-corrected chi connectivity index (χ0v) is 16.2. The molecule has 0 spiro atoms. The van der Waals surface area contributed by atoms with E-state index >= 15 is 0 Å². The van der Waals surface area contributed by atoms with Crippen molar-refractivity contribution in [2.75, 3.05) is 20.6 Å². The molecular formula is C19H24N2O4S. The molecule has 2 N–H and O–H groups in total. The molecular weight excluding hydrogens is 352 g/mol. The molecule has 0 aromatic heterocycles. The molecule has 0 bridgehead atoms. The first-order chi connectivity index (χ1) is 12.1. The highest BCUT2D eigenvalue weighted by Crippen LogP contribution is 2.24. The van der Waals surface area contributed by atoms with Gasteiger partial charge in [-0.2, -0.15) is 0 Å². The quantitative estimate of drug-likeness (QED) is 0.776. The smallest absolute Gasteiger partial charge is 0.335 e. The molecule has 2 aromatic rings. The van der Waals surface area contributed by atoms with E-state index in [2.05, 4.69) is 4.72 Å². The number of rotatable bonds is 7. The van der Waals surface area contributed by atoms with Crippen LogP contribution in [0.3, 0.4) is 0 Å². The van der Waals surface area contributed by atoms with Crippen LogP contribution < -0.4 is 4.72 Å². The minimum absolute atomic E-state index is 0.00501. The van der Waals surface area contributed by atoms with Gasteiger partial charge in [-0.15, -0.1) is 0 Å². The fourth-order valence-electron chi connectivity index (χ4n) is 2.74. The largest absolute Gasteiger partial charge is 0.478 e. The Morgan fingerprint density at radius 2 is 1.77 bits per heavy atom. The first-order valence-electron chi connectivity index (χ1n) is 8.18. The summed E-state index contributed by atoms with van der Waals surface area (Å²) in [7, 11) is -0.171. The van der Waals surface area contributed by atoms with E-state index in [1.54, 1.807) is 13.8 Å². The summed E-state index contributed by atoms with van der Waals surface area (Å²) in [5, 5.41) is 9.25. The standard InChI is InChI=1S/C19H24N2O4S/c1-13-10-16(19(22)23)11-18(14(13)2)26(24,25)20-17(12-21(3)4)15-8-6-5-7-9-15/h5-11,17,20H,12H2,1-4H3,(H,22,23). The van der Waals surface area contributed by atoms with Crippen molar-refractivity contribution < 1.29 is 18.3 Å². The van der Waals surface area contributed by atoms with Crippen molar-refractivity contribution in [3.63, 3.8) is 0 Å². The normalized spacial score (nSPS) is 13.0. The fourth-order valence-corrected chi connectivity index (χ4v) is 4.30. The Kier molecular flexibility index (Phi) is 6.17. The maximum atomic E-state index is 13.0. The number of nitrogens with one attached hydrogen (secondary N) is 1. The van der Waals surface area contributed by atoms with Gasteiger partial charge in [-0.05, 0) is 56.8 Å². The van der Waals surface area contributed by atoms with Gasteiger partial charge in [-0.3, -0.25) is 0 Å². The molecule has 0 fully saturated rings. The van der Waals surface area contributed by atoms with E-state index in [9.17, 15) is 18.3 Å². The first-order valence-corrected chi connectivity index (χ1v) is 9.66. The summed E-state index contributed by atoms with van der Waals surface area (Å²) < 4.78 is 28.8. The van der Waals surface area contributed by atoms with Crippen molar-refractivity contribution in [1.82, 2.24) is 9.62 Å². The van der Waals surface area contributed by atoms with Gasteiger partial charge >= 0.3 is 5.97 Å². The number of aryl methyl sites for hydroxylation is 1. The second-order valence-electron chi connectivity index (χ2n) is 6.57. The van der Waals surface area contributed by atoms with Crippen LogP contribution in [0.15, 0.2) is 47.4 Å². The summed E-state index contributed by atoms with van der Waals surface area (Å²) in [4.78, 5) is 13.2. The molecule has 0 saturated carbocycles. The number of carboxylic acid groups (broad SMARTS) is 1. The van der Waals surface area contributed by atoms with E-state index in [4.69, 9.17) is 0 Å². The molecule has 0 radical (unpaired) electrons. The minimum Gasteiger partial charge on any atom is -0.478 e. The molecule has 0 aliphatic carbocycles. The molecule has 0 aliphatic rings. The third kappa shape index (κ3) is 4.69. The van der Waals surface area contributed by atoms with Gasteiger partial charge in [0.15, 0.2) is 0 Å². The molecule has 140 valence electrons. The Labute approximate surface area is 154 Å². The van der Waals surface area contributed by atoms with E-state index in [0.717, 1.165) is 5.56 Å². The molecule has 0 heterocycles. The van der Waals surface area contributed by atoms with Crippen LogP contribution in [0, 0.1) is 13.8 Å². The van der Waals surface area contributed by atoms with Crippen molar-refractivity contribution >= 4 is 16.0 Å². The highest BCUT2D eigenvalue weighted by molar-refractivity contribution is 7.89. The lowest BCUT2D eigenvalue weighted by molar-refractivity contribution is 0.0696. The zero-order valence-electron chi connectivity index (χ0n) is 15.4. The SMILES string of the molecule is Cc1cc(C(=O)O)cc(S(=O)(=O)NC(CN(C)C)c2ccccc2)c1C. The van der Waals surface area contributed by atoms with E-state index in [-0.39, 0.29) is 10.5 Å². The summed E-state index contributed by atoms with van der Waals surface area (Å²) in [6, 6.07) is 11.5. The number of carboxylic acids is 1. The maximum absolute atomic E-state index is 13.0. The average Bonchev–Trinajstić information content (AvgIpc) is 2.56. The highest BCUT2D eigenvalue weighted by Gasteiger charge is 2.25. The Balaban J connectivity index is 2.47. The van der Waals surface area contributed by atoms with E-state index in [1.807, 2.05) is 49.3 Å². The number of nitrogens with zero attached hydrogens (tertiary/aromatic N) is 1. The Bertz CT molecular complexity index is 893. The summed E-state index contributed by atoms with van der Waals surface area (Å²) in [6.45, 7) is 3.86. The van der Waals surface area contributed by atoms with E-state index in [0.29, 0.717) is 17.7 Å². The van der Waals surface area contributed by atoms with Gasteiger partial charge in [-0.1, -0.05) is 30.3 Å². The number of benzene rings is 2. The molecule has 2 aromatic carbocycles. The third-order valence-corrected chi connectivity index (χ3v) is 5.80. The van der Waals surface area contributed by atoms with Crippen LogP contribution in [0.4, 0.5) is 0 Å². The molecule has 0 aliphatic heterocycles. The number of hydrogen-bond donors (Lipinski definition) is 2. The summed E-state index contributed by atoms with van der Waals surface area (Å²) in [6.07, 6.45) is 0. The number of hydrogen-bond acceptors (Lipinski definition) is 4. The van der Waals surface area contributed by atoms with Gasteiger partial charge in [0, 0.05) is 6.54 Å². The maximum Gasteiger partial charge on any atom is 0.335 e. The van der Waals surface area contributed by atoms with Gasteiger partial charge in [0.1, 0.15) is 0 Å². The lowest BCUT2D eigenvalue weighted by Gasteiger charge is -2.23. The Hall–Kier alpha value is -2.22.